The Bertz CT molecular complexity index is 837. The number of hydrogen-bond acceptors (Lipinski definition) is 3. The molecule has 27 heavy (non-hydrogen) atoms. The molecule has 1 aromatic carbocycles. The van der Waals surface area contributed by atoms with Crippen LogP contribution in [0, 0.1) is 11.6 Å². The molecule has 0 saturated carbocycles. The van der Waals surface area contributed by atoms with Gasteiger partial charge in [0.15, 0.2) is 11.6 Å². The predicted octanol–water partition coefficient (Wildman–Crippen LogP) is 2.58. The minimum absolute atomic E-state index is 0.0350. The Morgan fingerprint density at radius 1 is 1.22 bits per heavy atom. The van der Waals surface area contributed by atoms with Crippen molar-refractivity contribution in [3.8, 4) is 0 Å². The number of hydrogen-bond donors (Lipinski definition) is 1. The molecule has 2 heterocycles. The highest BCUT2D eigenvalue weighted by Crippen LogP contribution is 2.27. The zero-order valence-electron chi connectivity index (χ0n) is 14.8. The average molecular weight is 377 g/mol. The van der Waals surface area contributed by atoms with E-state index in [1.165, 1.54) is 10.7 Å². The topological polar surface area (TPSA) is 75.4 Å². The summed E-state index contributed by atoms with van der Waals surface area (Å²) in [6, 6.07) is 5.46. The molecule has 1 atom stereocenters. The van der Waals surface area contributed by atoms with Crippen molar-refractivity contribution in [2.24, 2.45) is 0 Å². The summed E-state index contributed by atoms with van der Waals surface area (Å²) < 4.78 is 27.7. The Labute approximate surface area is 155 Å². The molecule has 8 heteroatoms. The number of aryl methyl sites for hydroxylation is 1. The molecule has 2 aromatic rings. The Morgan fingerprint density at radius 3 is 2.78 bits per heavy atom. The fourth-order valence-corrected chi connectivity index (χ4v) is 3.50. The molecule has 1 unspecified atom stereocenters. The lowest BCUT2D eigenvalue weighted by molar-refractivity contribution is -0.138. The number of rotatable bonds is 6. The van der Waals surface area contributed by atoms with E-state index in [4.69, 9.17) is 5.11 Å². The van der Waals surface area contributed by atoms with Crippen molar-refractivity contribution >= 4 is 11.9 Å². The van der Waals surface area contributed by atoms with Gasteiger partial charge in [0, 0.05) is 37.3 Å². The normalized spacial score (nSPS) is 17.1. The molecule has 0 radical (unpaired) electrons. The number of carboxylic acid groups (broad SMARTS) is 1. The zero-order chi connectivity index (χ0) is 19.4. The molecule has 1 aliphatic rings. The highest BCUT2D eigenvalue weighted by Gasteiger charge is 2.27. The molecule has 0 spiro atoms. The van der Waals surface area contributed by atoms with Gasteiger partial charge in [0.2, 0.25) is 5.91 Å². The fourth-order valence-electron chi connectivity index (χ4n) is 3.50. The Morgan fingerprint density at radius 2 is 2.04 bits per heavy atom. The first kappa shape index (κ1) is 19.0. The highest BCUT2D eigenvalue weighted by molar-refractivity contribution is 5.76. The lowest BCUT2D eigenvalue weighted by Crippen LogP contribution is -2.39. The van der Waals surface area contributed by atoms with Gasteiger partial charge in [-0.3, -0.25) is 14.3 Å². The number of amides is 1. The second kappa shape index (κ2) is 8.28. The Kier molecular flexibility index (Phi) is 5.83. The smallest absolute Gasteiger partial charge is 0.325 e. The Hall–Kier alpha value is -2.77. The van der Waals surface area contributed by atoms with Crippen LogP contribution >= 0.6 is 0 Å². The van der Waals surface area contributed by atoms with Gasteiger partial charge in [-0.1, -0.05) is 6.07 Å². The van der Waals surface area contributed by atoms with E-state index in [9.17, 15) is 18.4 Å². The largest absolute Gasteiger partial charge is 0.480 e. The molecule has 1 N–H and O–H groups in total. The third-order valence-corrected chi connectivity index (χ3v) is 4.84. The van der Waals surface area contributed by atoms with Crippen LogP contribution < -0.4 is 0 Å². The SMILES string of the molecule is O=C(O)Cn1nccc1C1CCCN(C(=O)CCc2ccc(F)c(F)c2)C1. The van der Waals surface area contributed by atoms with Crippen molar-refractivity contribution in [1.82, 2.24) is 14.7 Å². The van der Waals surface area contributed by atoms with Crippen LogP contribution in [0.2, 0.25) is 0 Å². The van der Waals surface area contributed by atoms with Gasteiger partial charge in [-0.25, -0.2) is 8.78 Å². The monoisotopic (exact) mass is 377 g/mol. The van der Waals surface area contributed by atoms with Crippen LogP contribution in [0.25, 0.3) is 0 Å². The van der Waals surface area contributed by atoms with Gasteiger partial charge >= 0.3 is 5.97 Å². The molecule has 3 rings (SSSR count). The molecule has 144 valence electrons. The number of likely N-dealkylation sites (tertiary alicyclic amines) is 1. The number of nitrogens with zero attached hydrogens (tertiary/aromatic N) is 3. The fraction of sp³-hybridized carbons (Fsp3) is 0.421. The maximum atomic E-state index is 13.3. The van der Waals surface area contributed by atoms with Crippen LogP contribution in [0.5, 0.6) is 0 Å². The van der Waals surface area contributed by atoms with Crippen molar-refractivity contribution in [2.75, 3.05) is 13.1 Å². The summed E-state index contributed by atoms with van der Waals surface area (Å²) in [6.45, 7) is 0.936. The van der Waals surface area contributed by atoms with Gasteiger partial charge in [-0.15, -0.1) is 0 Å². The van der Waals surface area contributed by atoms with Crippen molar-refractivity contribution in [1.29, 1.82) is 0 Å². The predicted molar refractivity (Wildman–Crippen MR) is 93.1 cm³/mol. The van der Waals surface area contributed by atoms with Crippen molar-refractivity contribution in [2.45, 2.75) is 38.1 Å². The number of aliphatic carboxylic acids is 1. The molecule has 0 aliphatic carbocycles. The van der Waals surface area contributed by atoms with E-state index in [1.807, 2.05) is 0 Å². The van der Waals surface area contributed by atoms with Gasteiger partial charge in [0.05, 0.1) is 0 Å². The van der Waals surface area contributed by atoms with Crippen molar-refractivity contribution in [3.05, 3.63) is 53.4 Å². The van der Waals surface area contributed by atoms with E-state index in [1.54, 1.807) is 17.2 Å². The van der Waals surface area contributed by atoms with E-state index >= 15 is 0 Å². The van der Waals surface area contributed by atoms with Crippen LogP contribution in [0.4, 0.5) is 8.78 Å². The Balaban J connectivity index is 1.60. The summed E-state index contributed by atoms with van der Waals surface area (Å²) >= 11 is 0. The van der Waals surface area contributed by atoms with Crippen LogP contribution in [-0.2, 0) is 22.6 Å². The van der Waals surface area contributed by atoms with E-state index in [0.29, 0.717) is 25.1 Å². The van der Waals surface area contributed by atoms with Crippen molar-refractivity contribution < 1.29 is 23.5 Å². The quantitative estimate of drug-likeness (QED) is 0.840. The van der Waals surface area contributed by atoms with E-state index in [2.05, 4.69) is 5.10 Å². The summed E-state index contributed by atoms with van der Waals surface area (Å²) in [6.07, 6.45) is 3.81. The first-order chi connectivity index (χ1) is 12.9. The highest BCUT2D eigenvalue weighted by atomic mass is 19.2. The minimum atomic E-state index is -0.963. The molecule has 1 fully saturated rings. The van der Waals surface area contributed by atoms with Gasteiger partial charge < -0.3 is 10.0 Å². The third kappa shape index (κ3) is 4.69. The van der Waals surface area contributed by atoms with Crippen molar-refractivity contribution in [3.63, 3.8) is 0 Å². The van der Waals surface area contributed by atoms with Crippen LogP contribution in [-0.4, -0.2) is 44.8 Å². The van der Waals surface area contributed by atoms with Gasteiger partial charge in [0.25, 0.3) is 0 Å². The molecule has 1 aromatic heterocycles. The molecule has 1 saturated heterocycles. The second-order valence-corrected chi connectivity index (χ2v) is 6.73. The standard InChI is InChI=1S/C19H21F2N3O3/c20-15-5-3-13(10-16(15)21)4-6-18(25)23-9-1-2-14(11-23)17-7-8-22-24(17)12-19(26)27/h3,5,7-8,10,14H,1-2,4,6,9,11-12H2,(H,26,27). The lowest BCUT2D eigenvalue weighted by atomic mass is 9.94. The summed E-state index contributed by atoms with van der Waals surface area (Å²) in [5.41, 5.74) is 1.39. The maximum Gasteiger partial charge on any atom is 0.325 e. The molecule has 1 amide bonds. The van der Waals surface area contributed by atoms with Gasteiger partial charge in [-0.2, -0.15) is 5.10 Å². The molecular weight excluding hydrogens is 356 g/mol. The summed E-state index contributed by atoms with van der Waals surface area (Å²) in [5, 5.41) is 13.0. The van der Waals surface area contributed by atoms with E-state index < -0.39 is 17.6 Å². The summed E-state index contributed by atoms with van der Waals surface area (Å²) in [7, 11) is 0. The molecule has 1 aliphatic heterocycles. The first-order valence-electron chi connectivity index (χ1n) is 8.89. The van der Waals surface area contributed by atoms with Crippen LogP contribution in [0.15, 0.2) is 30.5 Å². The van der Waals surface area contributed by atoms with Crippen LogP contribution in [0.3, 0.4) is 0 Å². The zero-order valence-corrected chi connectivity index (χ0v) is 14.8. The summed E-state index contributed by atoms with van der Waals surface area (Å²) in [4.78, 5) is 25.3. The average Bonchev–Trinajstić information content (AvgIpc) is 3.10. The van der Waals surface area contributed by atoms with E-state index in [0.717, 1.165) is 30.7 Å². The number of benzene rings is 1. The van der Waals surface area contributed by atoms with Gasteiger partial charge in [-0.05, 0) is 43.0 Å². The first-order valence-corrected chi connectivity index (χ1v) is 8.89. The number of halogens is 2. The number of carbonyl (C=O) groups is 2. The number of carboxylic acids is 1. The molecule has 6 nitrogen and oxygen atoms in total. The number of aromatic nitrogens is 2. The minimum Gasteiger partial charge on any atom is -0.480 e. The molecule has 0 bridgehead atoms. The third-order valence-electron chi connectivity index (χ3n) is 4.84. The number of carbonyl (C=O) groups excluding carboxylic acids is 1. The summed E-state index contributed by atoms with van der Waals surface area (Å²) in [5.74, 6) is -2.79. The van der Waals surface area contributed by atoms with E-state index in [-0.39, 0.29) is 24.8 Å². The lowest BCUT2D eigenvalue weighted by Gasteiger charge is -2.33. The number of piperidine rings is 1. The molecular formula is C19H21F2N3O3. The van der Waals surface area contributed by atoms with Crippen LogP contribution in [0.1, 0.15) is 36.4 Å². The maximum absolute atomic E-state index is 13.3. The van der Waals surface area contributed by atoms with Gasteiger partial charge in [0.1, 0.15) is 6.54 Å². The second-order valence-electron chi connectivity index (χ2n) is 6.73.